The Morgan fingerprint density at radius 2 is 2.00 bits per heavy atom. The number of rotatable bonds is 1. The summed E-state index contributed by atoms with van der Waals surface area (Å²) in [4.78, 5) is 13.6. The van der Waals surface area contributed by atoms with E-state index in [9.17, 15) is 4.79 Å². The molecule has 3 heteroatoms. The van der Waals surface area contributed by atoms with Gasteiger partial charge in [0.05, 0.1) is 9.88 Å². The minimum absolute atomic E-state index is 0.0582. The molecule has 70 valence electrons. The first kappa shape index (κ1) is 8.97. The molecule has 0 amide bonds. The third kappa shape index (κ3) is 1.83. The van der Waals surface area contributed by atoms with Crippen molar-refractivity contribution in [2.24, 2.45) is 0 Å². The van der Waals surface area contributed by atoms with Crippen LogP contribution in [0.1, 0.15) is 5.56 Å². The Bertz CT molecular complexity index is 580. The van der Waals surface area contributed by atoms with Crippen molar-refractivity contribution in [3.63, 3.8) is 0 Å². The fourth-order valence-electron chi connectivity index (χ4n) is 1.19. The van der Waals surface area contributed by atoms with Gasteiger partial charge in [0.25, 0.3) is 0 Å². The Morgan fingerprint density at radius 3 is 2.57 bits per heavy atom. The van der Waals surface area contributed by atoms with Crippen LogP contribution in [-0.4, -0.2) is 4.98 Å². The Balaban J connectivity index is 2.61. The SMILES string of the molecule is C=c1[nH]c(=O)s/c1=C\c1ccccc1. The van der Waals surface area contributed by atoms with E-state index >= 15 is 0 Å². The molecule has 0 unspecified atom stereocenters. The maximum absolute atomic E-state index is 11.0. The molecule has 0 radical (unpaired) electrons. The zero-order valence-corrected chi connectivity index (χ0v) is 8.30. The lowest BCUT2D eigenvalue weighted by Gasteiger charge is -1.87. The molecule has 0 aliphatic heterocycles. The van der Waals surface area contributed by atoms with Gasteiger partial charge < -0.3 is 4.98 Å². The lowest BCUT2D eigenvalue weighted by molar-refractivity contribution is 1.27. The summed E-state index contributed by atoms with van der Waals surface area (Å²) in [6, 6.07) is 9.86. The van der Waals surface area contributed by atoms with Gasteiger partial charge in [0, 0.05) is 0 Å². The van der Waals surface area contributed by atoms with Crippen LogP contribution in [0.2, 0.25) is 0 Å². The molecule has 0 atom stereocenters. The molecule has 0 aliphatic carbocycles. The Hall–Kier alpha value is -1.61. The summed E-state index contributed by atoms with van der Waals surface area (Å²) in [5.41, 5.74) is 1.08. The molecule has 14 heavy (non-hydrogen) atoms. The first-order valence-corrected chi connectivity index (χ1v) is 5.02. The minimum atomic E-state index is -0.0582. The smallest absolute Gasteiger partial charge is 0.305 e. The normalized spacial score (nSPS) is 11.9. The van der Waals surface area contributed by atoms with Gasteiger partial charge >= 0.3 is 4.87 Å². The van der Waals surface area contributed by atoms with Crippen molar-refractivity contribution in [1.82, 2.24) is 4.98 Å². The van der Waals surface area contributed by atoms with Gasteiger partial charge in [-0.1, -0.05) is 48.2 Å². The third-order valence-corrected chi connectivity index (χ3v) is 2.72. The summed E-state index contributed by atoms with van der Waals surface area (Å²) >= 11 is 1.18. The summed E-state index contributed by atoms with van der Waals surface area (Å²) in [6.07, 6.45) is 1.95. The van der Waals surface area contributed by atoms with E-state index in [4.69, 9.17) is 0 Å². The van der Waals surface area contributed by atoms with E-state index in [1.54, 1.807) is 0 Å². The van der Waals surface area contributed by atoms with Gasteiger partial charge in [-0.3, -0.25) is 4.79 Å². The summed E-state index contributed by atoms with van der Waals surface area (Å²) in [7, 11) is 0. The van der Waals surface area contributed by atoms with Gasteiger partial charge in [-0.15, -0.1) is 0 Å². The van der Waals surface area contributed by atoms with Crippen molar-refractivity contribution in [3.8, 4) is 0 Å². The molecule has 0 saturated heterocycles. The van der Waals surface area contributed by atoms with Gasteiger partial charge in [-0.25, -0.2) is 0 Å². The number of thiazole rings is 1. The number of hydrogen-bond acceptors (Lipinski definition) is 2. The highest BCUT2D eigenvalue weighted by Gasteiger charge is 1.90. The number of benzene rings is 1. The first-order chi connectivity index (χ1) is 6.75. The number of aromatic nitrogens is 1. The molecule has 0 saturated carbocycles. The molecule has 1 aromatic carbocycles. The van der Waals surface area contributed by atoms with Gasteiger partial charge in [0.15, 0.2) is 0 Å². The van der Waals surface area contributed by atoms with Crippen LogP contribution in [0, 0.1) is 0 Å². The monoisotopic (exact) mass is 203 g/mol. The van der Waals surface area contributed by atoms with Crippen LogP contribution in [-0.2, 0) is 0 Å². The highest BCUT2D eigenvalue weighted by molar-refractivity contribution is 7.07. The molecular formula is C11H9NOS. The Kier molecular flexibility index (Phi) is 2.33. The van der Waals surface area contributed by atoms with Crippen molar-refractivity contribution >= 4 is 24.0 Å². The summed E-state index contributed by atoms with van der Waals surface area (Å²) in [6.45, 7) is 3.76. The molecule has 1 aromatic heterocycles. The summed E-state index contributed by atoms with van der Waals surface area (Å²) < 4.78 is 0.890. The van der Waals surface area contributed by atoms with Gasteiger partial charge in [0.2, 0.25) is 0 Å². The van der Waals surface area contributed by atoms with E-state index in [-0.39, 0.29) is 4.87 Å². The number of hydrogen-bond donors (Lipinski definition) is 1. The zero-order chi connectivity index (χ0) is 9.97. The van der Waals surface area contributed by atoms with Crippen molar-refractivity contribution in [1.29, 1.82) is 0 Å². The van der Waals surface area contributed by atoms with Gasteiger partial charge in [-0.2, -0.15) is 0 Å². The minimum Gasteiger partial charge on any atom is -0.313 e. The third-order valence-electron chi connectivity index (χ3n) is 1.85. The molecular weight excluding hydrogens is 194 g/mol. The van der Waals surface area contributed by atoms with Crippen molar-refractivity contribution in [2.45, 2.75) is 0 Å². The van der Waals surface area contributed by atoms with E-state index in [2.05, 4.69) is 11.6 Å². The number of nitrogens with one attached hydrogen (secondary N) is 1. The Labute approximate surface area is 84.9 Å². The van der Waals surface area contributed by atoms with E-state index in [0.29, 0.717) is 5.35 Å². The quantitative estimate of drug-likeness (QED) is 0.726. The molecule has 2 nitrogen and oxygen atoms in total. The predicted molar refractivity (Wildman–Crippen MR) is 59.7 cm³/mol. The predicted octanol–water partition coefficient (Wildman–Crippen LogP) is 0.675. The topological polar surface area (TPSA) is 32.9 Å². The molecule has 1 N–H and O–H groups in total. The maximum Gasteiger partial charge on any atom is 0.305 e. The summed E-state index contributed by atoms with van der Waals surface area (Å²) in [5.74, 6) is 0. The second-order valence-corrected chi connectivity index (χ2v) is 3.93. The molecule has 0 fully saturated rings. The van der Waals surface area contributed by atoms with Crippen molar-refractivity contribution in [2.75, 3.05) is 0 Å². The van der Waals surface area contributed by atoms with Crippen LogP contribution in [0.3, 0.4) is 0 Å². The highest BCUT2D eigenvalue weighted by atomic mass is 32.1. The van der Waals surface area contributed by atoms with Crippen LogP contribution in [0.25, 0.3) is 12.7 Å². The van der Waals surface area contributed by atoms with Crippen LogP contribution < -0.4 is 14.8 Å². The molecule has 2 rings (SSSR count). The summed E-state index contributed by atoms with van der Waals surface area (Å²) in [5, 5.41) is 0.684. The Morgan fingerprint density at radius 1 is 1.29 bits per heavy atom. The molecule has 0 bridgehead atoms. The average Bonchev–Trinajstić information content (AvgIpc) is 2.47. The maximum atomic E-state index is 11.0. The first-order valence-electron chi connectivity index (χ1n) is 4.20. The highest BCUT2D eigenvalue weighted by Crippen LogP contribution is 1.97. The fourth-order valence-corrected chi connectivity index (χ4v) is 1.93. The van der Waals surface area contributed by atoms with Gasteiger partial charge in [-0.05, 0) is 11.6 Å². The standard InChI is InChI=1S/C11H9NOS/c1-8-10(14-11(13)12-8)7-9-5-3-2-4-6-9/h2-7H,1H2,(H,12,13)/b10-7-. The van der Waals surface area contributed by atoms with Crippen molar-refractivity contribution < 1.29 is 0 Å². The molecule has 1 heterocycles. The lowest BCUT2D eigenvalue weighted by Crippen LogP contribution is -2.19. The van der Waals surface area contributed by atoms with E-state index in [1.165, 1.54) is 11.3 Å². The van der Waals surface area contributed by atoms with Crippen LogP contribution in [0.5, 0.6) is 0 Å². The second kappa shape index (κ2) is 3.64. The van der Waals surface area contributed by atoms with Crippen LogP contribution >= 0.6 is 11.3 Å². The molecule has 0 aliphatic rings. The van der Waals surface area contributed by atoms with E-state index in [1.807, 2.05) is 36.4 Å². The zero-order valence-electron chi connectivity index (χ0n) is 7.49. The number of aromatic amines is 1. The van der Waals surface area contributed by atoms with E-state index in [0.717, 1.165) is 10.1 Å². The second-order valence-electron chi connectivity index (χ2n) is 2.91. The fraction of sp³-hybridized carbons (Fsp3) is 0. The molecule has 0 spiro atoms. The van der Waals surface area contributed by atoms with Gasteiger partial charge in [0.1, 0.15) is 0 Å². The largest absolute Gasteiger partial charge is 0.313 e. The number of H-pyrrole nitrogens is 1. The van der Waals surface area contributed by atoms with Crippen LogP contribution in [0.15, 0.2) is 35.1 Å². The molecule has 2 aromatic rings. The average molecular weight is 203 g/mol. The van der Waals surface area contributed by atoms with Crippen molar-refractivity contribution in [3.05, 3.63) is 55.4 Å². The lowest BCUT2D eigenvalue weighted by atomic mass is 10.2. The van der Waals surface area contributed by atoms with E-state index < -0.39 is 0 Å². The van der Waals surface area contributed by atoms with Crippen LogP contribution in [0.4, 0.5) is 0 Å².